The van der Waals surface area contributed by atoms with Gasteiger partial charge in [0.05, 0.1) is 6.42 Å². The predicted molar refractivity (Wildman–Crippen MR) is 62.5 cm³/mol. The van der Waals surface area contributed by atoms with Crippen LogP contribution in [-0.4, -0.2) is 21.2 Å². The number of hydrogen-bond donors (Lipinski definition) is 2. The van der Waals surface area contributed by atoms with Crippen LogP contribution >= 0.6 is 0 Å². The van der Waals surface area contributed by atoms with Crippen LogP contribution in [0.5, 0.6) is 5.75 Å². The number of benzene rings is 1. The molecule has 0 saturated heterocycles. The van der Waals surface area contributed by atoms with Crippen molar-refractivity contribution in [2.45, 2.75) is 6.42 Å². The van der Waals surface area contributed by atoms with Crippen LogP contribution in [0.25, 0.3) is 0 Å². The van der Waals surface area contributed by atoms with Crippen LogP contribution in [-0.2, 0) is 11.2 Å². The first-order chi connectivity index (χ1) is 8.25. The van der Waals surface area contributed by atoms with Gasteiger partial charge in [-0.1, -0.05) is 18.2 Å². The molecule has 1 aromatic heterocycles. The lowest BCUT2D eigenvalue weighted by Crippen LogP contribution is -2.15. The molecule has 5 heteroatoms. The molecule has 5 nitrogen and oxygen atoms in total. The van der Waals surface area contributed by atoms with Gasteiger partial charge in [-0.2, -0.15) is 5.10 Å². The fourth-order valence-corrected chi connectivity index (χ4v) is 1.39. The molecule has 86 valence electrons. The molecule has 2 aromatic rings. The summed E-state index contributed by atoms with van der Waals surface area (Å²) in [5, 5.41) is 19.5. The van der Waals surface area contributed by atoms with Crippen LogP contribution in [0, 0.1) is 0 Å². The van der Waals surface area contributed by atoms with Gasteiger partial charge >= 0.3 is 0 Å². The molecule has 0 fully saturated rings. The highest BCUT2D eigenvalue weighted by molar-refractivity contribution is 5.91. The van der Waals surface area contributed by atoms with Crippen molar-refractivity contribution in [1.29, 1.82) is 0 Å². The summed E-state index contributed by atoms with van der Waals surface area (Å²) in [4.78, 5) is 11.6. The number of phenols is 1. The SMILES string of the molecule is O=C(Cc1ccccc1O)Nc1cccnn1. The van der Waals surface area contributed by atoms with Gasteiger partial charge in [-0.3, -0.25) is 4.79 Å². The normalized spacial score (nSPS) is 9.88. The Morgan fingerprint density at radius 3 is 2.76 bits per heavy atom. The molecular formula is C12H11N3O2. The summed E-state index contributed by atoms with van der Waals surface area (Å²) in [6.45, 7) is 0. The van der Waals surface area contributed by atoms with E-state index in [0.717, 1.165) is 0 Å². The van der Waals surface area contributed by atoms with Gasteiger partial charge in [0.1, 0.15) is 5.75 Å². The number of aromatic nitrogens is 2. The molecule has 0 radical (unpaired) electrons. The molecule has 0 unspecified atom stereocenters. The number of aromatic hydroxyl groups is 1. The van der Waals surface area contributed by atoms with Gasteiger partial charge in [0.15, 0.2) is 5.82 Å². The van der Waals surface area contributed by atoms with Crippen LogP contribution in [0.3, 0.4) is 0 Å². The maximum Gasteiger partial charge on any atom is 0.230 e. The van der Waals surface area contributed by atoms with Crippen LogP contribution < -0.4 is 5.32 Å². The van der Waals surface area contributed by atoms with Crippen molar-refractivity contribution in [3.05, 3.63) is 48.2 Å². The molecule has 0 bridgehead atoms. The first-order valence-electron chi connectivity index (χ1n) is 5.10. The van der Waals surface area contributed by atoms with Crippen molar-refractivity contribution in [2.24, 2.45) is 0 Å². The minimum atomic E-state index is -0.244. The molecule has 0 saturated carbocycles. The lowest BCUT2D eigenvalue weighted by molar-refractivity contribution is -0.115. The van der Waals surface area contributed by atoms with E-state index in [0.29, 0.717) is 11.4 Å². The van der Waals surface area contributed by atoms with Gasteiger partial charge in [0.25, 0.3) is 0 Å². The van der Waals surface area contributed by atoms with E-state index in [9.17, 15) is 9.90 Å². The zero-order valence-electron chi connectivity index (χ0n) is 9.00. The molecule has 17 heavy (non-hydrogen) atoms. The number of hydrogen-bond acceptors (Lipinski definition) is 4. The number of carbonyl (C=O) groups excluding carboxylic acids is 1. The second-order valence-corrected chi connectivity index (χ2v) is 3.46. The molecule has 0 aliphatic heterocycles. The highest BCUT2D eigenvalue weighted by Gasteiger charge is 2.07. The third-order valence-electron chi connectivity index (χ3n) is 2.18. The molecule has 0 atom stereocenters. The quantitative estimate of drug-likeness (QED) is 0.833. The zero-order chi connectivity index (χ0) is 12.1. The van der Waals surface area contributed by atoms with Crippen molar-refractivity contribution in [3.63, 3.8) is 0 Å². The summed E-state index contributed by atoms with van der Waals surface area (Å²) >= 11 is 0. The van der Waals surface area contributed by atoms with Gasteiger partial charge in [-0.15, -0.1) is 5.10 Å². The maximum atomic E-state index is 11.6. The summed E-state index contributed by atoms with van der Waals surface area (Å²) < 4.78 is 0. The standard InChI is InChI=1S/C12H11N3O2/c16-10-5-2-1-4-9(10)8-12(17)14-11-6-3-7-13-15-11/h1-7,16H,8H2,(H,14,15,17). The second kappa shape index (κ2) is 5.07. The Balaban J connectivity index is 2.01. The third kappa shape index (κ3) is 3.01. The van der Waals surface area contributed by atoms with Gasteiger partial charge in [-0.05, 0) is 18.2 Å². The van der Waals surface area contributed by atoms with E-state index in [2.05, 4.69) is 15.5 Å². The lowest BCUT2D eigenvalue weighted by Gasteiger charge is -2.04. The first kappa shape index (κ1) is 11.1. The zero-order valence-corrected chi connectivity index (χ0v) is 9.00. The monoisotopic (exact) mass is 229 g/mol. The van der Waals surface area contributed by atoms with Gasteiger partial charge in [0, 0.05) is 11.8 Å². The molecular weight excluding hydrogens is 218 g/mol. The number of carbonyl (C=O) groups is 1. The molecule has 1 heterocycles. The smallest absolute Gasteiger partial charge is 0.230 e. The van der Waals surface area contributed by atoms with E-state index in [1.54, 1.807) is 36.4 Å². The van der Waals surface area contributed by atoms with Crippen LogP contribution in [0.4, 0.5) is 5.82 Å². The highest BCUT2D eigenvalue weighted by Crippen LogP contribution is 2.16. The number of phenolic OH excluding ortho intramolecular Hbond substituents is 1. The van der Waals surface area contributed by atoms with E-state index in [-0.39, 0.29) is 18.1 Å². The summed E-state index contributed by atoms with van der Waals surface area (Å²) in [7, 11) is 0. The van der Waals surface area contributed by atoms with E-state index < -0.39 is 0 Å². The average Bonchev–Trinajstić information content (AvgIpc) is 2.33. The minimum absolute atomic E-state index is 0.100. The number of amides is 1. The van der Waals surface area contributed by atoms with Crippen molar-refractivity contribution in [2.75, 3.05) is 5.32 Å². The highest BCUT2D eigenvalue weighted by atomic mass is 16.3. The molecule has 0 aliphatic rings. The van der Waals surface area contributed by atoms with Gasteiger partial charge in [0.2, 0.25) is 5.91 Å². The Kier molecular flexibility index (Phi) is 3.30. The van der Waals surface area contributed by atoms with E-state index in [1.807, 2.05) is 0 Å². The number of nitrogens with zero attached hydrogens (tertiary/aromatic N) is 2. The Bertz CT molecular complexity index is 514. The number of rotatable bonds is 3. The molecule has 2 rings (SSSR count). The van der Waals surface area contributed by atoms with Crippen LogP contribution in [0.15, 0.2) is 42.6 Å². The van der Waals surface area contributed by atoms with E-state index in [4.69, 9.17) is 0 Å². The molecule has 1 amide bonds. The number of nitrogens with one attached hydrogen (secondary N) is 1. The van der Waals surface area contributed by atoms with Crippen molar-refractivity contribution in [1.82, 2.24) is 10.2 Å². The van der Waals surface area contributed by atoms with Crippen molar-refractivity contribution < 1.29 is 9.90 Å². The Labute approximate surface area is 98.1 Å². The van der Waals surface area contributed by atoms with Crippen LogP contribution in [0.1, 0.15) is 5.56 Å². The fourth-order valence-electron chi connectivity index (χ4n) is 1.39. The van der Waals surface area contributed by atoms with Gasteiger partial charge in [-0.25, -0.2) is 0 Å². The largest absolute Gasteiger partial charge is 0.508 e. The summed E-state index contributed by atoms with van der Waals surface area (Å²) in [6, 6.07) is 10.1. The Morgan fingerprint density at radius 1 is 1.24 bits per heavy atom. The van der Waals surface area contributed by atoms with Crippen molar-refractivity contribution >= 4 is 11.7 Å². The average molecular weight is 229 g/mol. The van der Waals surface area contributed by atoms with Crippen molar-refractivity contribution in [3.8, 4) is 5.75 Å². The molecule has 0 spiro atoms. The van der Waals surface area contributed by atoms with Gasteiger partial charge < -0.3 is 10.4 Å². The topological polar surface area (TPSA) is 75.1 Å². The van der Waals surface area contributed by atoms with E-state index in [1.165, 1.54) is 6.20 Å². The summed E-state index contributed by atoms with van der Waals surface area (Å²) in [5.74, 6) is 0.265. The maximum absolute atomic E-state index is 11.6. The summed E-state index contributed by atoms with van der Waals surface area (Å²) in [5.41, 5.74) is 0.578. The minimum Gasteiger partial charge on any atom is -0.508 e. The molecule has 2 N–H and O–H groups in total. The predicted octanol–water partition coefficient (Wildman–Crippen LogP) is 1.36. The Morgan fingerprint density at radius 2 is 2.06 bits per heavy atom. The third-order valence-corrected chi connectivity index (χ3v) is 2.18. The Hall–Kier alpha value is -2.43. The number of para-hydroxylation sites is 1. The first-order valence-corrected chi connectivity index (χ1v) is 5.10. The van der Waals surface area contributed by atoms with Crippen LogP contribution in [0.2, 0.25) is 0 Å². The summed E-state index contributed by atoms with van der Waals surface area (Å²) in [6.07, 6.45) is 1.63. The molecule has 0 aliphatic carbocycles. The molecule has 1 aromatic carbocycles. The second-order valence-electron chi connectivity index (χ2n) is 3.46. The fraction of sp³-hybridized carbons (Fsp3) is 0.0833. The lowest BCUT2D eigenvalue weighted by atomic mass is 10.1. The number of anilines is 1. The van der Waals surface area contributed by atoms with E-state index >= 15 is 0 Å².